The third-order valence-corrected chi connectivity index (χ3v) is 3.42. The van der Waals surface area contributed by atoms with Crippen molar-refractivity contribution in [1.29, 1.82) is 0 Å². The molecule has 0 aliphatic carbocycles. The van der Waals surface area contributed by atoms with E-state index in [-0.39, 0.29) is 22.7 Å². The van der Waals surface area contributed by atoms with Crippen molar-refractivity contribution in [2.45, 2.75) is 25.7 Å². The van der Waals surface area contributed by atoms with Crippen LogP contribution in [-0.2, 0) is 19.1 Å². The molecule has 110 valence electrons. The van der Waals surface area contributed by atoms with Gasteiger partial charge in [-0.2, -0.15) is 8.42 Å². The highest BCUT2D eigenvalue weighted by atomic mass is 32.2. The second kappa shape index (κ2) is 6.19. The van der Waals surface area contributed by atoms with E-state index in [2.05, 4.69) is 6.58 Å². The van der Waals surface area contributed by atoms with E-state index >= 15 is 0 Å². The van der Waals surface area contributed by atoms with Gasteiger partial charge in [-0.15, -0.1) is 0 Å². The van der Waals surface area contributed by atoms with E-state index in [1.807, 2.05) is 20.8 Å². The molecule has 6 heteroatoms. The molecule has 0 aromatic heterocycles. The molecule has 5 nitrogen and oxygen atoms in total. The Morgan fingerprint density at radius 3 is 2.25 bits per heavy atom. The van der Waals surface area contributed by atoms with E-state index in [9.17, 15) is 13.2 Å². The monoisotopic (exact) mass is 298 g/mol. The number of carbonyl (C=O) groups excluding carboxylic acids is 1. The van der Waals surface area contributed by atoms with Crippen LogP contribution in [0.3, 0.4) is 0 Å². The van der Waals surface area contributed by atoms with Crippen LogP contribution in [0, 0.1) is 5.41 Å². The normalized spacial score (nSPS) is 11.9. The van der Waals surface area contributed by atoms with Crippen molar-refractivity contribution in [3.8, 4) is 5.75 Å². The molecule has 0 N–H and O–H groups in total. The van der Waals surface area contributed by atoms with Gasteiger partial charge in [0.2, 0.25) is 0 Å². The van der Waals surface area contributed by atoms with Gasteiger partial charge in [-0.3, -0.25) is 4.18 Å². The molecule has 0 heterocycles. The minimum absolute atomic E-state index is 0.0140. The van der Waals surface area contributed by atoms with Crippen molar-refractivity contribution >= 4 is 16.1 Å². The molecule has 1 aromatic carbocycles. The largest absolute Gasteiger partial charge is 0.423 e. The van der Waals surface area contributed by atoms with Crippen molar-refractivity contribution in [3.05, 3.63) is 36.9 Å². The molecule has 0 fully saturated rings. The predicted molar refractivity (Wildman–Crippen MR) is 74.9 cm³/mol. The standard InChI is InChI=1S/C14H18O5S/c1-5-13(15)19-11-6-8-12(9-7-11)20(16,17)18-10-14(2,3)4/h5-9H,1,10H2,2-4H3. The van der Waals surface area contributed by atoms with Gasteiger partial charge in [0.25, 0.3) is 10.1 Å². The SMILES string of the molecule is C=CC(=O)Oc1ccc(S(=O)(=O)OCC(C)(C)C)cc1. The van der Waals surface area contributed by atoms with Crippen LogP contribution >= 0.6 is 0 Å². The van der Waals surface area contributed by atoms with E-state index in [4.69, 9.17) is 8.92 Å². The zero-order valence-electron chi connectivity index (χ0n) is 11.8. The van der Waals surface area contributed by atoms with Crippen molar-refractivity contribution < 1.29 is 22.1 Å². The molecule has 0 spiro atoms. The first kappa shape index (κ1) is 16.4. The first-order valence-electron chi connectivity index (χ1n) is 5.98. The predicted octanol–water partition coefficient (Wildman–Crippen LogP) is 2.53. The summed E-state index contributed by atoms with van der Waals surface area (Å²) in [5, 5.41) is 0. The van der Waals surface area contributed by atoms with Crippen molar-refractivity contribution in [1.82, 2.24) is 0 Å². The molecule has 0 saturated heterocycles. The maximum atomic E-state index is 11.9. The average Bonchev–Trinajstić information content (AvgIpc) is 2.36. The fraction of sp³-hybridized carbons (Fsp3) is 0.357. The molecule has 0 aliphatic heterocycles. The lowest BCUT2D eigenvalue weighted by Gasteiger charge is -2.17. The second-order valence-corrected chi connectivity index (χ2v) is 6.99. The Morgan fingerprint density at radius 2 is 1.80 bits per heavy atom. The van der Waals surface area contributed by atoms with Gasteiger partial charge in [0, 0.05) is 6.08 Å². The highest BCUT2D eigenvalue weighted by molar-refractivity contribution is 7.86. The summed E-state index contributed by atoms with van der Waals surface area (Å²) in [5.41, 5.74) is -0.257. The molecular weight excluding hydrogens is 280 g/mol. The lowest BCUT2D eigenvalue weighted by Crippen LogP contribution is -2.18. The maximum absolute atomic E-state index is 11.9. The summed E-state index contributed by atoms with van der Waals surface area (Å²) in [6.07, 6.45) is 1.02. The summed E-state index contributed by atoms with van der Waals surface area (Å²) in [5.74, 6) is -0.366. The summed E-state index contributed by atoms with van der Waals surface area (Å²) < 4.78 is 33.7. The highest BCUT2D eigenvalue weighted by Crippen LogP contribution is 2.21. The molecular formula is C14H18O5S. The Hall–Kier alpha value is -1.66. The third-order valence-electron chi connectivity index (χ3n) is 2.14. The number of esters is 1. The first-order valence-corrected chi connectivity index (χ1v) is 7.39. The number of rotatable bonds is 5. The zero-order valence-corrected chi connectivity index (χ0v) is 12.6. The lowest BCUT2D eigenvalue weighted by molar-refractivity contribution is -0.128. The fourth-order valence-electron chi connectivity index (χ4n) is 1.15. The van der Waals surface area contributed by atoms with Gasteiger partial charge < -0.3 is 4.74 Å². The van der Waals surface area contributed by atoms with Crippen LogP contribution in [0.2, 0.25) is 0 Å². The zero-order chi connectivity index (χ0) is 15.4. The molecule has 20 heavy (non-hydrogen) atoms. The quantitative estimate of drug-likeness (QED) is 0.361. The molecule has 0 atom stereocenters. The Bertz CT molecular complexity index is 579. The van der Waals surface area contributed by atoms with Crippen molar-refractivity contribution in [3.63, 3.8) is 0 Å². The number of hydrogen-bond acceptors (Lipinski definition) is 5. The number of benzene rings is 1. The number of carbonyl (C=O) groups is 1. The van der Waals surface area contributed by atoms with Gasteiger partial charge in [-0.1, -0.05) is 27.4 Å². The van der Waals surface area contributed by atoms with Crippen LogP contribution in [0.25, 0.3) is 0 Å². The number of ether oxygens (including phenoxy) is 1. The van der Waals surface area contributed by atoms with Gasteiger partial charge in [-0.25, -0.2) is 4.79 Å². The fourth-order valence-corrected chi connectivity index (χ4v) is 2.27. The van der Waals surface area contributed by atoms with Crippen LogP contribution in [0.5, 0.6) is 5.75 Å². The number of hydrogen-bond donors (Lipinski definition) is 0. The first-order chi connectivity index (χ1) is 9.14. The summed E-state index contributed by atoms with van der Waals surface area (Å²) >= 11 is 0. The van der Waals surface area contributed by atoms with Crippen LogP contribution in [0.15, 0.2) is 41.8 Å². The summed E-state index contributed by atoms with van der Waals surface area (Å²) in [7, 11) is -3.80. The molecule has 0 aliphatic rings. The molecule has 0 radical (unpaired) electrons. The molecule has 0 unspecified atom stereocenters. The minimum Gasteiger partial charge on any atom is -0.423 e. The van der Waals surface area contributed by atoms with Crippen LogP contribution in [0.1, 0.15) is 20.8 Å². The summed E-state index contributed by atoms with van der Waals surface area (Å²) in [6.45, 7) is 8.98. The molecule has 1 rings (SSSR count). The van der Waals surface area contributed by atoms with Gasteiger partial charge >= 0.3 is 5.97 Å². The van der Waals surface area contributed by atoms with E-state index in [1.54, 1.807) is 0 Å². The Kier molecular flexibility index (Phi) is 5.08. The Balaban J connectivity index is 2.82. The summed E-state index contributed by atoms with van der Waals surface area (Å²) in [4.78, 5) is 11.0. The van der Waals surface area contributed by atoms with Gasteiger partial charge in [0.05, 0.1) is 11.5 Å². The Labute approximate surface area is 119 Å². The molecule has 0 bridgehead atoms. The second-order valence-electron chi connectivity index (χ2n) is 5.37. The summed E-state index contributed by atoms with van der Waals surface area (Å²) in [6, 6.07) is 5.41. The van der Waals surface area contributed by atoms with Crippen LogP contribution in [0.4, 0.5) is 0 Å². The minimum atomic E-state index is -3.80. The van der Waals surface area contributed by atoms with Crippen LogP contribution in [-0.4, -0.2) is 21.0 Å². The van der Waals surface area contributed by atoms with Crippen LogP contribution < -0.4 is 4.74 Å². The third kappa shape index (κ3) is 5.14. The Morgan fingerprint density at radius 1 is 1.25 bits per heavy atom. The van der Waals surface area contributed by atoms with E-state index in [0.717, 1.165) is 6.08 Å². The molecule has 0 saturated carbocycles. The van der Waals surface area contributed by atoms with Crippen molar-refractivity contribution in [2.24, 2.45) is 5.41 Å². The van der Waals surface area contributed by atoms with Gasteiger partial charge in [0.1, 0.15) is 5.75 Å². The lowest BCUT2D eigenvalue weighted by atomic mass is 9.99. The smallest absolute Gasteiger partial charge is 0.335 e. The highest BCUT2D eigenvalue weighted by Gasteiger charge is 2.20. The van der Waals surface area contributed by atoms with Gasteiger partial charge in [0.15, 0.2) is 0 Å². The molecule has 1 aromatic rings. The van der Waals surface area contributed by atoms with Gasteiger partial charge in [-0.05, 0) is 29.7 Å². The van der Waals surface area contributed by atoms with Crippen molar-refractivity contribution in [2.75, 3.05) is 6.61 Å². The van der Waals surface area contributed by atoms with E-state index in [0.29, 0.717) is 0 Å². The maximum Gasteiger partial charge on any atom is 0.335 e. The topological polar surface area (TPSA) is 69.7 Å². The molecule has 0 amide bonds. The average molecular weight is 298 g/mol. The van der Waals surface area contributed by atoms with E-state index < -0.39 is 16.1 Å². The van der Waals surface area contributed by atoms with E-state index in [1.165, 1.54) is 24.3 Å².